The average Bonchev–Trinajstić information content (AvgIpc) is 3.66. The van der Waals surface area contributed by atoms with Crippen molar-refractivity contribution in [3.8, 4) is 50.2 Å². The van der Waals surface area contributed by atoms with Crippen molar-refractivity contribution in [2.75, 3.05) is 0 Å². The lowest BCUT2D eigenvalue weighted by Gasteiger charge is -2.22. The third-order valence-corrected chi connectivity index (χ3v) is 11.7. The minimum Gasteiger partial charge on any atom is -0.296 e. The Hall–Kier alpha value is -7.29. The molecule has 10 aromatic carbocycles. The molecule has 0 aliphatic carbocycles. The maximum Gasteiger partial charge on any atom is 0.114 e. The van der Waals surface area contributed by atoms with Gasteiger partial charge in [-0.25, -0.2) is 4.98 Å². The van der Waals surface area contributed by atoms with Crippen molar-refractivity contribution in [1.29, 1.82) is 0 Å². The Labute approximate surface area is 331 Å². The van der Waals surface area contributed by atoms with Crippen LogP contribution in [0.1, 0.15) is 12.7 Å². The molecule has 1 heterocycles. The van der Waals surface area contributed by atoms with E-state index in [1.165, 1.54) is 87.6 Å². The van der Waals surface area contributed by atoms with Crippen molar-refractivity contribution in [2.45, 2.75) is 13.3 Å². The van der Waals surface area contributed by atoms with Gasteiger partial charge in [0, 0.05) is 11.8 Å². The van der Waals surface area contributed by atoms with Crippen LogP contribution in [0.5, 0.6) is 0 Å². The smallest absolute Gasteiger partial charge is 0.114 e. The van der Waals surface area contributed by atoms with E-state index < -0.39 is 0 Å². The fourth-order valence-electron chi connectivity index (χ4n) is 9.16. The summed E-state index contributed by atoms with van der Waals surface area (Å²) in [5.74, 6) is 1.06. The molecule has 0 saturated carbocycles. The lowest BCUT2D eigenvalue weighted by molar-refractivity contribution is 0.913. The van der Waals surface area contributed by atoms with Gasteiger partial charge in [-0.3, -0.25) is 4.57 Å². The fourth-order valence-corrected chi connectivity index (χ4v) is 9.16. The molecule has 2 nitrogen and oxygen atoms in total. The summed E-state index contributed by atoms with van der Waals surface area (Å²) in [4.78, 5) is 5.06. The van der Waals surface area contributed by atoms with Crippen LogP contribution in [-0.2, 0) is 6.42 Å². The number of nitrogens with zero attached hydrogens (tertiary/aromatic N) is 2. The van der Waals surface area contributed by atoms with E-state index in [1.807, 2.05) is 0 Å². The van der Waals surface area contributed by atoms with E-state index in [-0.39, 0.29) is 0 Å². The van der Waals surface area contributed by atoms with Crippen LogP contribution >= 0.6 is 0 Å². The zero-order valence-corrected chi connectivity index (χ0v) is 31.7. The molecule has 0 radical (unpaired) electrons. The molecular weight excluding hydrogens is 689 g/mol. The molecule has 0 bridgehead atoms. The second-order valence-corrected chi connectivity index (χ2v) is 14.9. The van der Waals surface area contributed by atoms with Gasteiger partial charge in [0.05, 0.1) is 16.7 Å². The van der Waals surface area contributed by atoms with Crippen LogP contribution in [-0.4, -0.2) is 9.55 Å². The molecule has 1 aromatic heterocycles. The number of hydrogen-bond donors (Lipinski definition) is 0. The maximum absolute atomic E-state index is 5.06. The fraction of sp³-hybridized carbons (Fsp3) is 0.0364. The number of rotatable bonds is 6. The summed E-state index contributed by atoms with van der Waals surface area (Å²) in [6.45, 7) is 2.19. The van der Waals surface area contributed by atoms with Crippen molar-refractivity contribution in [3.63, 3.8) is 0 Å². The molecule has 11 rings (SSSR count). The van der Waals surface area contributed by atoms with E-state index in [1.54, 1.807) is 0 Å². The Morgan fingerprint density at radius 3 is 1.70 bits per heavy atom. The van der Waals surface area contributed by atoms with Crippen molar-refractivity contribution in [2.24, 2.45) is 0 Å². The van der Waals surface area contributed by atoms with Gasteiger partial charge in [0.2, 0.25) is 0 Å². The zero-order valence-electron chi connectivity index (χ0n) is 31.7. The first-order valence-corrected chi connectivity index (χ1v) is 19.9. The highest BCUT2D eigenvalue weighted by Gasteiger charge is 2.22. The largest absolute Gasteiger partial charge is 0.296 e. The second-order valence-electron chi connectivity index (χ2n) is 14.9. The first-order chi connectivity index (χ1) is 28.2. The molecule has 0 saturated heterocycles. The molecule has 268 valence electrons. The van der Waals surface area contributed by atoms with Gasteiger partial charge >= 0.3 is 0 Å². The first kappa shape index (κ1) is 33.1. The molecule has 0 N–H and O–H groups in total. The quantitative estimate of drug-likeness (QED) is 0.156. The van der Waals surface area contributed by atoms with Crippen molar-refractivity contribution in [1.82, 2.24) is 9.55 Å². The summed E-state index contributed by atoms with van der Waals surface area (Å²) in [5, 5.41) is 9.85. The van der Waals surface area contributed by atoms with Crippen LogP contribution in [0.2, 0.25) is 0 Å². The van der Waals surface area contributed by atoms with E-state index in [4.69, 9.17) is 4.98 Å². The van der Waals surface area contributed by atoms with E-state index in [2.05, 4.69) is 212 Å². The number of benzene rings is 10. The van der Waals surface area contributed by atoms with Crippen LogP contribution in [0.15, 0.2) is 200 Å². The van der Waals surface area contributed by atoms with Gasteiger partial charge in [-0.1, -0.05) is 171 Å². The molecule has 57 heavy (non-hydrogen) atoms. The molecule has 0 aliphatic heterocycles. The SMILES string of the molecule is CCc1nc2ccccc2n1-c1ccc(-c2c3ccccc3c(-c3cc(-c4ccccc4)cc4ccccc34)c3ccc(-c4ccccc4)cc23)c2ccccc12. The van der Waals surface area contributed by atoms with Gasteiger partial charge in [-0.15, -0.1) is 0 Å². The Balaban J connectivity index is 1.27. The first-order valence-electron chi connectivity index (χ1n) is 19.9. The van der Waals surface area contributed by atoms with Gasteiger partial charge in [-0.05, 0) is 119 Å². The molecule has 0 atom stereocenters. The minimum absolute atomic E-state index is 0.837. The van der Waals surface area contributed by atoms with Crippen LogP contribution in [0.25, 0.3) is 104 Å². The lowest BCUT2D eigenvalue weighted by Crippen LogP contribution is -2.01. The number of aromatic nitrogens is 2. The van der Waals surface area contributed by atoms with E-state index in [9.17, 15) is 0 Å². The average molecular weight is 727 g/mol. The molecule has 0 unspecified atom stereocenters. The van der Waals surface area contributed by atoms with Gasteiger partial charge < -0.3 is 0 Å². The third kappa shape index (κ3) is 5.37. The standard InChI is InChI=1S/C55H38N2/c1-2-53-56-50-27-15-16-28-52(50)57(53)51-32-31-46(42-23-11-12-24-43(42)51)54-44-25-13-14-26-45(44)55(47-30-29-38(34-49(47)54)36-17-5-3-6-18-36)48-35-40(37-19-7-4-8-20-37)33-39-21-9-10-22-41(39)48/h3-35H,2H2,1H3. The van der Waals surface area contributed by atoms with Crippen LogP contribution < -0.4 is 0 Å². The second kappa shape index (κ2) is 13.5. The number of fused-ring (bicyclic) bond motifs is 5. The van der Waals surface area contributed by atoms with E-state index in [0.29, 0.717) is 0 Å². The van der Waals surface area contributed by atoms with E-state index >= 15 is 0 Å². The molecule has 0 fully saturated rings. The monoisotopic (exact) mass is 726 g/mol. The van der Waals surface area contributed by atoms with Crippen molar-refractivity contribution in [3.05, 3.63) is 206 Å². The molecule has 0 amide bonds. The highest BCUT2D eigenvalue weighted by atomic mass is 15.1. The molecular formula is C55H38N2. The highest BCUT2D eigenvalue weighted by molar-refractivity contribution is 6.26. The summed E-state index contributed by atoms with van der Waals surface area (Å²) < 4.78 is 2.36. The summed E-state index contributed by atoms with van der Waals surface area (Å²) >= 11 is 0. The zero-order chi connectivity index (χ0) is 37.9. The maximum atomic E-state index is 5.06. The van der Waals surface area contributed by atoms with Gasteiger partial charge in [0.1, 0.15) is 5.82 Å². The summed E-state index contributed by atoms with van der Waals surface area (Å²) in [6, 6.07) is 73.4. The molecule has 0 spiro atoms. The van der Waals surface area contributed by atoms with Crippen molar-refractivity contribution < 1.29 is 0 Å². The Bertz CT molecular complexity index is 3320. The summed E-state index contributed by atoms with van der Waals surface area (Å²) in [6.07, 6.45) is 0.837. The number of imidazole rings is 1. The number of para-hydroxylation sites is 2. The Morgan fingerprint density at radius 1 is 0.386 bits per heavy atom. The Kier molecular flexibility index (Phi) is 7.82. The molecule has 0 aliphatic rings. The van der Waals surface area contributed by atoms with Crippen LogP contribution in [0, 0.1) is 0 Å². The van der Waals surface area contributed by atoms with E-state index in [0.717, 1.165) is 29.0 Å². The Morgan fingerprint density at radius 2 is 0.965 bits per heavy atom. The molecule has 2 heteroatoms. The van der Waals surface area contributed by atoms with Crippen molar-refractivity contribution >= 4 is 54.1 Å². The highest BCUT2D eigenvalue weighted by Crippen LogP contribution is 2.49. The predicted molar refractivity (Wildman–Crippen MR) is 242 cm³/mol. The van der Waals surface area contributed by atoms with Gasteiger partial charge in [0.25, 0.3) is 0 Å². The van der Waals surface area contributed by atoms with Gasteiger partial charge in [0.15, 0.2) is 0 Å². The third-order valence-electron chi connectivity index (χ3n) is 11.7. The van der Waals surface area contributed by atoms with Gasteiger partial charge in [-0.2, -0.15) is 0 Å². The summed E-state index contributed by atoms with van der Waals surface area (Å²) in [5.41, 5.74) is 13.1. The minimum atomic E-state index is 0.837. The predicted octanol–water partition coefficient (Wildman–Crippen LogP) is 14.9. The topological polar surface area (TPSA) is 17.8 Å². The lowest BCUT2D eigenvalue weighted by atomic mass is 9.82. The van der Waals surface area contributed by atoms with Crippen LogP contribution in [0.3, 0.4) is 0 Å². The van der Waals surface area contributed by atoms with Crippen LogP contribution in [0.4, 0.5) is 0 Å². The summed E-state index contributed by atoms with van der Waals surface area (Å²) in [7, 11) is 0. The normalized spacial score (nSPS) is 11.7. The molecule has 11 aromatic rings. The number of hydrogen-bond acceptors (Lipinski definition) is 1. The number of aryl methyl sites for hydroxylation is 1.